The fourth-order valence-corrected chi connectivity index (χ4v) is 3.42. The van der Waals surface area contributed by atoms with E-state index in [1.807, 2.05) is 32.0 Å². The van der Waals surface area contributed by atoms with Crippen LogP contribution in [-0.4, -0.2) is 31.5 Å². The van der Waals surface area contributed by atoms with E-state index in [-0.39, 0.29) is 18.2 Å². The van der Waals surface area contributed by atoms with Crippen LogP contribution in [0.4, 0.5) is 18.9 Å². The SMILES string of the molecule is C=CC(=O)NCc1cc(-c2ccc(OC(F)(F)F)cc2)c(C)c(N(C)C)c1C(C)O.CCC. The van der Waals surface area contributed by atoms with Gasteiger partial charge in [0, 0.05) is 31.9 Å². The van der Waals surface area contributed by atoms with Gasteiger partial charge < -0.3 is 20.1 Å². The molecule has 0 aliphatic carbocycles. The molecule has 0 spiro atoms. The molecule has 0 saturated carbocycles. The lowest BCUT2D eigenvalue weighted by atomic mass is 9.89. The van der Waals surface area contributed by atoms with Crippen molar-refractivity contribution in [2.45, 2.75) is 53.1 Å². The van der Waals surface area contributed by atoms with E-state index in [2.05, 4.69) is 30.5 Å². The molecule has 0 heterocycles. The molecule has 2 aromatic rings. The fourth-order valence-electron chi connectivity index (χ4n) is 3.42. The Morgan fingerprint density at radius 1 is 1.24 bits per heavy atom. The molecule has 8 heteroatoms. The van der Waals surface area contributed by atoms with Gasteiger partial charge in [-0.25, -0.2) is 0 Å². The molecule has 0 aliphatic heterocycles. The zero-order chi connectivity index (χ0) is 25.3. The molecule has 0 bridgehead atoms. The van der Waals surface area contributed by atoms with Crippen molar-refractivity contribution in [3.63, 3.8) is 0 Å². The Labute approximate surface area is 193 Å². The van der Waals surface area contributed by atoms with Crippen LogP contribution in [0, 0.1) is 6.92 Å². The van der Waals surface area contributed by atoms with Gasteiger partial charge in [0.1, 0.15) is 5.75 Å². The Morgan fingerprint density at radius 3 is 2.21 bits per heavy atom. The van der Waals surface area contributed by atoms with Crippen LogP contribution >= 0.6 is 0 Å². The van der Waals surface area contributed by atoms with Crippen LogP contribution in [0.2, 0.25) is 0 Å². The number of nitrogens with zero attached hydrogens (tertiary/aromatic N) is 1. The molecular weight excluding hydrogens is 433 g/mol. The van der Waals surface area contributed by atoms with Gasteiger partial charge in [0.25, 0.3) is 0 Å². The van der Waals surface area contributed by atoms with E-state index >= 15 is 0 Å². The summed E-state index contributed by atoms with van der Waals surface area (Å²) >= 11 is 0. The predicted molar refractivity (Wildman–Crippen MR) is 126 cm³/mol. The van der Waals surface area contributed by atoms with Crippen molar-refractivity contribution in [2.24, 2.45) is 0 Å². The van der Waals surface area contributed by atoms with Crippen molar-refractivity contribution in [1.82, 2.24) is 5.32 Å². The van der Waals surface area contributed by atoms with E-state index < -0.39 is 12.5 Å². The molecule has 2 aromatic carbocycles. The zero-order valence-electron chi connectivity index (χ0n) is 20.0. The summed E-state index contributed by atoms with van der Waals surface area (Å²) in [4.78, 5) is 13.5. The second-order valence-corrected chi connectivity index (χ2v) is 7.74. The number of halogens is 3. The number of aliphatic hydroxyl groups is 1. The van der Waals surface area contributed by atoms with Crippen LogP contribution in [0.25, 0.3) is 11.1 Å². The average molecular weight is 467 g/mol. The van der Waals surface area contributed by atoms with Crippen LogP contribution in [-0.2, 0) is 11.3 Å². The minimum absolute atomic E-state index is 0.161. The minimum atomic E-state index is -4.76. The van der Waals surface area contributed by atoms with Crippen molar-refractivity contribution in [3.8, 4) is 16.9 Å². The van der Waals surface area contributed by atoms with Crippen molar-refractivity contribution in [2.75, 3.05) is 19.0 Å². The molecule has 1 atom stereocenters. The van der Waals surface area contributed by atoms with Crippen molar-refractivity contribution >= 4 is 11.6 Å². The number of amides is 1. The quantitative estimate of drug-likeness (QED) is 0.499. The average Bonchev–Trinajstić information content (AvgIpc) is 2.71. The molecule has 182 valence electrons. The maximum absolute atomic E-state index is 12.4. The van der Waals surface area contributed by atoms with Crippen LogP contribution in [0.5, 0.6) is 5.75 Å². The highest BCUT2D eigenvalue weighted by Crippen LogP contribution is 2.39. The summed E-state index contributed by atoms with van der Waals surface area (Å²) in [6.07, 6.45) is -3.15. The third kappa shape index (κ3) is 8.13. The van der Waals surface area contributed by atoms with E-state index in [1.54, 1.807) is 6.92 Å². The third-order valence-electron chi connectivity index (χ3n) is 4.58. The van der Waals surface area contributed by atoms with E-state index in [0.29, 0.717) is 16.7 Å². The Hall–Kier alpha value is -3.00. The van der Waals surface area contributed by atoms with Crippen LogP contribution < -0.4 is 15.0 Å². The van der Waals surface area contributed by atoms with Crippen LogP contribution in [0.15, 0.2) is 43.0 Å². The molecule has 33 heavy (non-hydrogen) atoms. The molecule has 1 unspecified atom stereocenters. The van der Waals surface area contributed by atoms with Crippen molar-refractivity contribution in [1.29, 1.82) is 0 Å². The first-order valence-corrected chi connectivity index (χ1v) is 10.6. The third-order valence-corrected chi connectivity index (χ3v) is 4.58. The standard InChI is InChI=1S/C22H25F3N2O3.C3H8/c1-6-19(29)26-12-16-11-18(13(2)21(27(4)5)20(16)14(3)28)15-7-9-17(10-8-15)30-22(23,24)25;1-3-2/h6-11,14,28H,1,12H2,2-5H3,(H,26,29);3H2,1-2H3. The van der Waals surface area contributed by atoms with E-state index in [1.165, 1.54) is 30.7 Å². The number of carbonyl (C=O) groups is 1. The largest absolute Gasteiger partial charge is 0.573 e. The smallest absolute Gasteiger partial charge is 0.406 e. The second kappa shape index (κ2) is 12.3. The minimum Gasteiger partial charge on any atom is -0.406 e. The number of carbonyl (C=O) groups excluding carboxylic acids is 1. The maximum Gasteiger partial charge on any atom is 0.573 e. The fraction of sp³-hybridized carbons (Fsp3) is 0.400. The van der Waals surface area contributed by atoms with Gasteiger partial charge in [0.15, 0.2) is 0 Å². The van der Waals surface area contributed by atoms with Crippen LogP contribution in [0.3, 0.4) is 0 Å². The molecule has 1 amide bonds. The Kier molecular flexibility index (Phi) is 10.4. The van der Waals surface area contributed by atoms with Crippen molar-refractivity contribution in [3.05, 3.63) is 59.7 Å². The maximum atomic E-state index is 12.4. The number of nitrogens with one attached hydrogen (secondary N) is 1. The molecule has 2 rings (SSSR count). The number of ether oxygens (including phenoxy) is 1. The number of aliphatic hydroxyl groups excluding tert-OH is 1. The number of benzene rings is 2. The highest BCUT2D eigenvalue weighted by atomic mass is 19.4. The molecule has 0 aromatic heterocycles. The van der Waals surface area contributed by atoms with Gasteiger partial charge in [-0.15, -0.1) is 13.2 Å². The number of anilines is 1. The van der Waals surface area contributed by atoms with Crippen LogP contribution in [0.1, 0.15) is 50.0 Å². The summed E-state index contributed by atoms with van der Waals surface area (Å²) < 4.78 is 41.2. The van der Waals surface area contributed by atoms with Gasteiger partial charge >= 0.3 is 6.36 Å². The Balaban J connectivity index is 0.00000172. The highest BCUT2D eigenvalue weighted by Gasteiger charge is 2.31. The van der Waals surface area contributed by atoms with Gasteiger partial charge in [-0.3, -0.25) is 4.79 Å². The first-order valence-electron chi connectivity index (χ1n) is 10.6. The zero-order valence-corrected chi connectivity index (χ0v) is 20.0. The topological polar surface area (TPSA) is 61.8 Å². The molecule has 5 nitrogen and oxygen atoms in total. The highest BCUT2D eigenvalue weighted by molar-refractivity contribution is 5.87. The summed E-state index contributed by atoms with van der Waals surface area (Å²) in [6.45, 7) is 11.4. The molecule has 2 N–H and O–H groups in total. The lowest BCUT2D eigenvalue weighted by Gasteiger charge is -2.27. The lowest BCUT2D eigenvalue weighted by molar-refractivity contribution is -0.274. The number of hydrogen-bond donors (Lipinski definition) is 2. The summed E-state index contributed by atoms with van der Waals surface area (Å²) in [5.41, 5.74) is 4.44. The van der Waals surface area contributed by atoms with Gasteiger partial charge in [-0.05, 0) is 60.4 Å². The monoisotopic (exact) mass is 466 g/mol. The number of hydrogen-bond acceptors (Lipinski definition) is 4. The summed E-state index contributed by atoms with van der Waals surface area (Å²) in [6, 6.07) is 7.40. The summed E-state index contributed by atoms with van der Waals surface area (Å²) in [7, 11) is 3.68. The van der Waals surface area contributed by atoms with Gasteiger partial charge in [0.05, 0.1) is 6.10 Å². The predicted octanol–water partition coefficient (Wildman–Crippen LogP) is 5.90. The molecule has 0 radical (unpaired) electrons. The summed E-state index contributed by atoms with van der Waals surface area (Å²) in [5.74, 6) is -0.662. The molecular formula is C25H33F3N2O3. The van der Waals surface area contributed by atoms with Gasteiger partial charge in [0.2, 0.25) is 5.91 Å². The van der Waals surface area contributed by atoms with Gasteiger partial charge in [-0.2, -0.15) is 0 Å². The normalized spacial score (nSPS) is 11.7. The Morgan fingerprint density at radius 2 is 1.79 bits per heavy atom. The lowest BCUT2D eigenvalue weighted by Crippen LogP contribution is -2.23. The number of alkyl halides is 3. The first-order chi connectivity index (χ1) is 15.4. The molecule has 0 saturated heterocycles. The van der Waals surface area contributed by atoms with E-state index in [4.69, 9.17) is 0 Å². The molecule has 0 aliphatic rings. The van der Waals surface area contributed by atoms with Crippen molar-refractivity contribution < 1.29 is 27.8 Å². The Bertz CT molecular complexity index is 937. The van der Waals surface area contributed by atoms with E-state index in [0.717, 1.165) is 22.9 Å². The van der Waals surface area contributed by atoms with Gasteiger partial charge in [-0.1, -0.05) is 39.0 Å². The van der Waals surface area contributed by atoms with E-state index in [9.17, 15) is 23.1 Å². The molecule has 0 fully saturated rings. The second-order valence-electron chi connectivity index (χ2n) is 7.74. The summed E-state index contributed by atoms with van der Waals surface area (Å²) in [5, 5.41) is 13.1. The first kappa shape index (κ1) is 28.0. The number of rotatable bonds is 7.